The molecule has 0 fully saturated rings. The Kier molecular flexibility index (Phi) is 2.96. The molecule has 86 valence electrons. The summed E-state index contributed by atoms with van der Waals surface area (Å²) in [6.07, 6.45) is 1.91. The molecule has 0 radical (unpaired) electrons. The summed E-state index contributed by atoms with van der Waals surface area (Å²) in [4.78, 5) is 11.7. The molecule has 1 aliphatic heterocycles. The van der Waals surface area contributed by atoms with Gasteiger partial charge in [0.15, 0.2) is 11.5 Å². The van der Waals surface area contributed by atoms with Gasteiger partial charge in [-0.2, -0.15) is 0 Å². The number of methoxy groups -OCH3 is 2. The number of hydrogen-bond donors (Lipinski definition) is 1. The molecule has 0 bridgehead atoms. The van der Waals surface area contributed by atoms with Crippen molar-refractivity contribution >= 4 is 23.4 Å². The molecule has 1 N–H and O–H groups in total. The van der Waals surface area contributed by atoms with Gasteiger partial charge in [-0.05, 0) is 12.3 Å². The minimum Gasteiger partial charge on any atom is -0.493 e. The number of carbonyl (C=O) groups excluding carboxylic acids is 1. The Morgan fingerprint density at radius 3 is 2.62 bits per heavy atom. The van der Waals surface area contributed by atoms with Crippen molar-refractivity contribution in [2.24, 2.45) is 0 Å². The van der Waals surface area contributed by atoms with Crippen LogP contribution in [0.15, 0.2) is 12.1 Å². The highest BCUT2D eigenvalue weighted by Gasteiger charge is 2.33. The molecule has 0 saturated carbocycles. The molecule has 1 aliphatic rings. The van der Waals surface area contributed by atoms with E-state index in [9.17, 15) is 4.79 Å². The lowest BCUT2D eigenvalue weighted by molar-refractivity contribution is -0.115. The smallest absolute Gasteiger partial charge is 0.242 e. The molecule has 1 atom stereocenters. The Morgan fingerprint density at radius 1 is 1.31 bits per heavy atom. The van der Waals surface area contributed by atoms with E-state index in [-0.39, 0.29) is 11.2 Å². The van der Waals surface area contributed by atoms with E-state index in [0.29, 0.717) is 11.5 Å². The van der Waals surface area contributed by atoms with E-state index in [2.05, 4.69) is 5.32 Å². The number of nitrogens with one attached hydrogen (secondary N) is 1. The van der Waals surface area contributed by atoms with Crippen molar-refractivity contribution in [1.29, 1.82) is 0 Å². The van der Waals surface area contributed by atoms with E-state index < -0.39 is 0 Å². The molecule has 2 rings (SSSR count). The number of thioether (sulfide) groups is 1. The summed E-state index contributed by atoms with van der Waals surface area (Å²) >= 11 is 1.51. The van der Waals surface area contributed by atoms with Crippen molar-refractivity contribution in [3.8, 4) is 11.5 Å². The first-order valence-corrected chi connectivity index (χ1v) is 6.10. The van der Waals surface area contributed by atoms with Crippen LogP contribution in [0.5, 0.6) is 11.5 Å². The van der Waals surface area contributed by atoms with Crippen molar-refractivity contribution < 1.29 is 14.3 Å². The van der Waals surface area contributed by atoms with Crippen molar-refractivity contribution in [3.05, 3.63) is 17.7 Å². The molecule has 4 nitrogen and oxygen atoms in total. The fraction of sp³-hybridized carbons (Fsp3) is 0.364. The topological polar surface area (TPSA) is 47.6 Å². The fourth-order valence-corrected chi connectivity index (χ4v) is 2.58. The van der Waals surface area contributed by atoms with Crippen LogP contribution in [0.1, 0.15) is 10.8 Å². The highest BCUT2D eigenvalue weighted by molar-refractivity contribution is 7.99. The largest absolute Gasteiger partial charge is 0.493 e. The number of amides is 1. The van der Waals surface area contributed by atoms with Gasteiger partial charge in [0.25, 0.3) is 0 Å². The van der Waals surface area contributed by atoms with Gasteiger partial charge < -0.3 is 14.8 Å². The fourth-order valence-electron chi connectivity index (χ4n) is 1.85. The zero-order valence-electron chi connectivity index (χ0n) is 9.37. The SMILES string of the molecule is COc1ccc2c(c1OC)NC(=O)[C@@H]2SC. The van der Waals surface area contributed by atoms with Crippen LogP contribution in [0.25, 0.3) is 0 Å². The molecule has 0 aromatic heterocycles. The highest BCUT2D eigenvalue weighted by Crippen LogP contribution is 2.47. The summed E-state index contributed by atoms with van der Waals surface area (Å²) in [6.45, 7) is 0. The Balaban J connectivity index is 2.55. The molecular weight excluding hydrogens is 226 g/mol. The molecule has 1 heterocycles. The highest BCUT2D eigenvalue weighted by atomic mass is 32.2. The van der Waals surface area contributed by atoms with Gasteiger partial charge in [-0.3, -0.25) is 4.79 Å². The van der Waals surface area contributed by atoms with Crippen molar-refractivity contribution in [2.45, 2.75) is 5.25 Å². The van der Waals surface area contributed by atoms with Gasteiger partial charge in [0.05, 0.1) is 19.9 Å². The first-order chi connectivity index (χ1) is 7.72. The van der Waals surface area contributed by atoms with E-state index in [0.717, 1.165) is 11.3 Å². The Hall–Kier alpha value is -1.36. The van der Waals surface area contributed by atoms with Gasteiger partial charge in [-0.1, -0.05) is 6.07 Å². The van der Waals surface area contributed by atoms with Crippen LogP contribution >= 0.6 is 11.8 Å². The first kappa shape index (κ1) is 11.1. The van der Waals surface area contributed by atoms with Crippen LogP contribution < -0.4 is 14.8 Å². The summed E-state index contributed by atoms with van der Waals surface area (Å²) in [5.41, 5.74) is 1.68. The van der Waals surface area contributed by atoms with Crippen LogP contribution in [0.4, 0.5) is 5.69 Å². The van der Waals surface area contributed by atoms with Crippen LogP contribution in [0, 0.1) is 0 Å². The van der Waals surface area contributed by atoms with Gasteiger partial charge in [0, 0.05) is 5.56 Å². The van der Waals surface area contributed by atoms with Crippen LogP contribution in [0.2, 0.25) is 0 Å². The lowest BCUT2D eigenvalue weighted by Gasteiger charge is -2.11. The molecule has 1 amide bonds. The average Bonchev–Trinajstić information content (AvgIpc) is 2.62. The summed E-state index contributed by atoms with van der Waals surface area (Å²) in [6, 6.07) is 3.72. The molecule has 0 unspecified atom stereocenters. The van der Waals surface area contributed by atoms with Crippen molar-refractivity contribution in [3.63, 3.8) is 0 Å². The van der Waals surface area contributed by atoms with E-state index in [1.165, 1.54) is 11.8 Å². The van der Waals surface area contributed by atoms with E-state index in [1.807, 2.05) is 18.4 Å². The molecule has 1 aromatic carbocycles. The maximum atomic E-state index is 11.7. The number of anilines is 1. The van der Waals surface area contributed by atoms with E-state index in [1.54, 1.807) is 14.2 Å². The summed E-state index contributed by atoms with van der Waals surface area (Å²) < 4.78 is 10.5. The average molecular weight is 239 g/mol. The summed E-state index contributed by atoms with van der Waals surface area (Å²) in [5.74, 6) is 1.21. The first-order valence-electron chi connectivity index (χ1n) is 4.81. The minimum absolute atomic E-state index is 0.00551. The lowest BCUT2D eigenvalue weighted by atomic mass is 10.1. The molecule has 5 heteroatoms. The van der Waals surface area contributed by atoms with Crippen LogP contribution in [0.3, 0.4) is 0 Å². The standard InChI is InChI=1S/C11H13NO3S/c1-14-7-5-4-6-8(9(7)15-2)12-11(13)10(6)16-3/h4-5,10H,1-3H3,(H,12,13)/t10-/m1/s1. The second kappa shape index (κ2) is 4.25. The number of fused-ring (bicyclic) bond motifs is 1. The van der Waals surface area contributed by atoms with Crippen molar-refractivity contribution in [1.82, 2.24) is 0 Å². The van der Waals surface area contributed by atoms with Gasteiger partial charge >= 0.3 is 0 Å². The maximum absolute atomic E-state index is 11.7. The molecular formula is C11H13NO3S. The number of hydrogen-bond acceptors (Lipinski definition) is 4. The van der Waals surface area contributed by atoms with E-state index >= 15 is 0 Å². The third-order valence-electron chi connectivity index (χ3n) is 2.58. The predicted molar refractivity (Wildman–Crippen MR) is 64.4 cm³/mol. The third kappa shape index (κ3) is 1.51. The molecule has 1 aromatic rings. The van der Waals surface area contributed by atoms with Crippen LogP contribution in [-0.2, 0) is 4.79 Å². The Labute approximate surface area is 98.3 Å². The van der Waals surface area contributed by atoms with Crippen molar-refractivity contribution in [2.75, 3.05) is 25.8 Å². The van der Waals surface area contributed by atoms with E-state index in [4.69, 9.17) is 9.47 Å². The van der Waals surface area contributed by atoms with Gasteiger partial charge in [-0.25, -0.2) is 0 Å². The Bertz CT molecular complexity index is 433. The van der Waals surface area contributed by atoms with Gasteiger partial charge in [-0.15, -0.1) is 11.8 Å². The predicted octanol–water partition coefficient (Wildman–Crippen LogP) is 2.06. The monoisotopic (exact) mass is 239 g/mol. The third-order valence-corrected chi connectivity index (χ3v) is 3.52. The second-order valence-electron chi connectivity index (χ2n) is 3.37. The van der Waals surface area contributed by atoms with Crippen LogP contribution in [-0.4, -0.2) is 26.4 Å². The number of rotatable bonds is 3. The normalized spacial score (nSPS) is 17.9. The second-order valence-corrected chi connectivity index (χ2v) is 4.31. The maximum Gasteiger partial charge on any atom is 0.242 e. The Morgan fingerprint density at radius 2 is 2.06 bits per heavy atom. The van der Waals surface area contributed by atoms with Gasteiger partial charge in [0.2, 0.25) is 5.91 Å². The summed E-state index contributed by atoms with van der Waals surface area (Å²) in [5, 5.41) is 2.67. The van der Waals surface area contributed by atoms with Gasteiger partial charge in [0.1, 0.15) is 5.25 Å². The number of ether oxygens (including phenoxy) is 2. The molecule has 0 saturated heterocycles. The number of carbonyl (C=O) groups is 1. The lowest BCUT2D eigenvalue weighted by Crippen LogP contribution is -2.08. The quantitative estimate of drug-likeness (QED) is 0.877. The molecule has 0 spiro atoms. The minimum atomic E-state index is -0.158. The molecule has 0 aliphatic carbocycles. The number of benzene rings is 1. The summed E-state index contributed by atoms with van der Waals surface area (Å²) in [7, 11) is 3.14. The zero-order valence-corrected chi connectivity index (χ0v) is 10.2. The zero-order chi connectivity index (χ0) is 11.7. The molecule has 16 heavy (non-hydrogen) atoms.